The molecule has 0 heterocycles. The number of hydrogen-bond acceptors (Lipinski definition) is 5. The van der Waals surface area contributed by atoms with E-state index < -0.39 is 14.4 Å². The number of esters is 1. The van der Waals surface area contributed by atoms with Crippen molar-refractivity contribution in [2.75, 3.05) is 13.7 Å². The lowest BCUT2D eigenvalue weighted by molar-refractivity contribution is -0.137. The van der Waals surface area contributed by atoms with Gasteiger partial charge in [-0.15, -0.1) is 0 Å². The summed E-state index contributed by atoms with van der Waals surface area (Å²) in [6, 6.07) is 7.34. The van der Waals surface area contributed by atoms with Gasteiger partial charge in [0.05, 0.1) is 19.8 Å². The van der Waals surface area contributed by atoms with Crippen molar-refractivity contribution in [3.05, 3.63) is 36.4 Å². The van der Waals surface area contributed by atoms with Gasteiger partial charge < -0.3 is 18.6 Å². The lowest BCUT2D eigenvalue weighted by Gasteiger charge is -2.39. The van der Waals surface area contributed by atoms with Crippen molar-refractivity contribution >= 4 is 14.3 Å². The third-order valence-corrected chi connectivity index (χ3v) is 9.36. The second-order valence-corrected chi connectivity index (χ2v) is 12.7. The molecule has 27 heavy (non-hydrogen) atoms. The molecular weight excluding hydrogens is 360 g/mol. The molecular formula is C21H34O5Si. The molecule has 1 aromatic carbocycles. The van der Waals surface area contributed by atoms with Gasteiger partial charge in [0, 0.05) is 6.08 Å². The van der Waals surface area contributed by atoms with Gasteiger partial charge in [-0.3, -0.25) is 0 Å². The van der Waals surface area contributed by atoms with E-state index in [1.807, 2.05) is 31.2 Å². The highest BCUT2D eigenvalue weighted by Gasteiger charge is 2.39. The van der Waals surface area contributed by atoms with Crippen LogP contribution in [-0.4, -0.2) is 40.2 Å². The number of benzene rings is 1. The maximum atomic E-state index is 11.7. The Labute approximate surface area is 164 Å². The van der Waals surface area contributed by atoms with Crippen molar-refractivity contribution < 1.29 is 23.4 Å². The van der Waals surface area contributed by atoms with E-state index in [4.69, 9.17) is 18.6 Å². The first-order chi connectivity index (χ1) is 12.5. The van der Waals surface area contributed by atoms with Gasteiger partial charge in [-0.05, 0) is 62.3 Å². The monoisotopic (exact) mass is 394 g/mol. The molecule has 0 amide bonds. The third kappa shape index (κ3) is 7.38. The zero-order chi connectivity index (χ0) is 20.7. The summed E-state index contributed by atoms with van der Waals surface area (Å²) in [6.07, 6.45) is 2.47. The molecule has 0 spiro atoms. The maximum Gasteiger partial charge on any atom is 0.330 e. The van der Waals surface area contributed by atoms with E-state index in [-0.39, 0.29) is 17.1 Å². The number of carbonyl (C=O) groups is 1. The quantitative estimate of drug-likeness (QED) is 0.336. The minimum atomic E-state index is -1.98. The Morgan fingerprint density at radius 3 is 2.19 bits per heavy atom. The SMILES string of the molecule is CCOC(=O)/C=C/[C@H](Oc1ccc(OC)cc1)[C@H](C)O[Si](C)(C)C(C)(C)C. The Balaban J connectivity index is 2.99. The smallest absolute Gasteiger partial charge is 0.330 e. The van der Waals surface area contributed by atoms with Crippen molar-refractivity contribution in [3.63, 3.8) is 0 Å². The lowest BCUT2D eigenvalue weighted by atomic mass is 10.2. The van der Waals surface area contributed by atoms with E-state index in [0.717, 1.165) is 5.75 Å². The summed E-state index contributed by atoms with van der Waals surface area (Å²) in [4.78, 5) is 11.7. The van der Waals surface area contributed by atoms with Gasteiger partial charge >= 0.3 is 5.97 Å². The summed E-state index contributed by atoms with van der Waals surface area (Å²) < 4.78 is 22.7. The van der Waals surface area contributed by atoms with Crippen LogP contribution in [0.1, 0.15) is 34.6 Å². The van der Waals surface area contributed by atoms with Crippen molar-refractivity contribution in [2.24, 2.45) is 0 Å². The number of methoxy groups -OCH3 is 1. The second-order valence-electron chi connectivity index (χ2n) is 7.95. The fourth-order valence-corrected chi connectivity index (χ4v) is 3.59. The van der Waals surface area contributed by atoms with Crippen LogP contribution in [0.3, 0.4) is 0 Å². The zero-order valence-electron chi connectivity index (χ0n) is 17.9. The Morgan fingerprint density at radius 1 is 1.15 bits per heavy atom. The summed E-state index contributed by atoms with van der Waals surface area (Å²) >= 11 is 0. The Bertz CT molecular complexity index is 616. The third-order valence-electron chi connectivity index (χ3n) is 4.79. The lowest BCUT2D eigenvalue weighted by Crippen LogP contribution is -2.46. The number of hydrogen-bond donors (Lipinski definition) is 0. The van der Waals surface area contributed by atoms with Gasteiger partial charge in [0.1, 0.15) is 17.6 Å². The van der Waals surface area contributed by atoms with Crippen LogP contribution in [0.2, 0.25) is 18.1 Å². The molecule has 0 aromatic heterocycles. The molecule has 0 saturated carbocycles. The molecule has 0 unspecified atom stereocenters. The molecule has 0 saturated heterocycles. The molecule has 6 heteroatoms. The van der Waals surface area contributed by atoms with Gasteiger partial charge in [0.2, 0.25) is 0 Å². The molecule has 0 N–H and O–H groups in total. The highest BCUT2D eigenvalue weighted by Crippen LogP contribution is 2.38. The highest BCUT2D eigenvalue weighted by molar-refractivity contribution is 6.74. The van der Waals surface area contributed by atoms with Gasteiger partial charge in [0.25, 0.3) is 0 Å². The molecule has 5 nitrogen and oxygen atoms in total. The van der Waals surface area contributed by atoms with Crippen molar-refractivity contribution in [3.8, 4) is 11.5 Å². The normalized spacial score (nSPS) is 14.7. The molecule has 0 radical (unpaired) electrons. The van der Waals surface area contributed by atoms with Crippen LogP contribution in [0.5, 0.6) is 11.5 Å². The minimum absolute atomic E-state index is 0.0801. The summed E-state index contributed by atoms with van der Waals surface area (Å²) in [6.45, 7) is 15.1. The van der Waals surface area contributed by atoms with Crippen LogP contribution in [-0.2, 0) is 14.0 Å². The number of carbonyl (C=O) groups excluding carboxylic acids is 1. The molecule has 1 aromatic rings. The predicted molar refractivity (Wildman–Crippen MR) is 111 cm³/mol. The Morgan fingerprint density at radius 2 is 1.70 bits per heavy atom. The highest BCUT2D eigenvalue weighted by atomic mass is 28.4. The number of rotatable bonds is 9. The molecule has 0 aliphatic carbocycles. The van der Waals surface area contributed by atoms with Gasteiger partial charge in [-0.25, -0.2) is 4.79 Å². The summed E-state index contributed by atoms with van der Waals surface area (Å²) in [5, 5.41) is 0.0801. The van der Waals surface area contributed by atoms with Crippen molar-refractivity contribution in [1.29, 1.82) is 0 Å². The first-order valence-corrected chi connectivity index (χ1v) is 12.2. The summed E-state index contributed by atoms with van der Waals surface area (Å²) in [5.41, 5.74) is 0. The summed E-state index contributed by atoms with van der Waals surface area (Å²) in [5.74, 6) is 1.05. The molecule has 0 aliphatic heterocycles. The van der Waals surface area contributed by atoms with Crippen LogP contribution in [0.4, 0.5) is 0 Å². The summed E-state index contributed by atoms with van der Waals surface area (Å²) in [7, 11) is -0.363. The first kappa shape index (κ1) is 23.2. The topological polar surface area (TPSA) is 54.0 Å². The van der Waals surface area contributed by atoms with Crippen molar-refractivity contribution in [1.82, 2.24) is 0 Å². The van der Waals surface area contributed by atoms with E-state index in [0.29, 0.717) is 12.4 Å². The molecule has 152 valence electrons. The van der Waals surface area contributed by atoms with E-state index in [2.05, 4.69) is 33.9 Å². The fourth-order valence-electron chi connectivity index (χ4n) is 2.18. The van der Waals surface area contributed by atoms with E-state index in [1.54, 1.807) is 20.1 Å². The average molecular weight is 395 g/mol. The van der Waals surface area contributed by atoms with Crippen LogP contribution in [0.25, 0.3) is 0 Å². The average Bonchev–Trinajstić information content (AvgIpc) is 2.57. The molecule has 1 rings (SSSR count). The van der Waals surface area contributed by atoms with Gasteiger partial charge in [-0.2, -0.15) is 0 Å². The van der Waals surface area contributed by atoms with Crippen molar-refractivity contribution in [2.45, 2.75) is 65.0 Å². The van der Waals surface area contributed by atoms with Gasteiger partial charge in [0.15, 0.2) is 8.32 Å². The molecule has 2 atom stereocenters. The van der Waals surface area contributed by atoms with Crippen LogP contribution < -0.4 is 9.47 Å². The standard InChI is InChI=1S/C21H34O5Si/c1-9-24-20(22)15-14-19(16(2)26-27(7,8)21(3,4)5)25-18-12-10-17(23-6)11-13-18/h10-16,19H,9H2,1-8H3/b15-14+/t16-,19-/m0/s1. The largest absolute Gasteiger partial charge is 0.497 e. The Hall–Kier alpha value is -1.79. The maximum absolute atomic E-state index is 11.7. The Kier molecular flexibility index (Phi) is 8.56. The zero-order valence-corrected chi connectivity index (χ0v) is 18.9. The van der Waals surface area contributed by atoms with Crippen LogP contribution in [0, 0.1) is 0 Å². The van der Waals surface area contributed by atoms with Crippen LogP contribution >= 0.6 is 0 Å². The minimum Gasteiger partial charge on any atom is -0.497 e. The first-order valence-electron chi connectivity index (χ1n) is 9.33. The van der Waals surface area contributed by atoms with Gasteiger partial charge in [-0.1, -0.05) is 20.8 Å². The fraction of sp³-hybridized carbons (Fsp3) is 0.571. The predicted octanol–water partition coefficient (Wildman–Crippen LogP) is 4.97. The van der Waals surface area contributed by atoms with Crippen LogP contribution in [0.15, 0.2) is 36.4 Å². The van der Waals surface area contributed by atoms with E-state index >= 15 is 0 Å². The molecule has 0 aliphatic rings. The van der Waals surface area contributed by atoms with E-state index in [9.17, 15) is 4.79 Å². The molecule has 0 fully saturated rings. The van der Waals surface area contributed by atoms with E-state index in [1.165, 1.54) is 6.08 Å². The number of ether oxygens (including phenoxy) is 3. The molecule has 0 bridgehead atoms. The second kappa shape index (κ2) is 9.94.